The number of para-hydroxylation sites is 1. The number of hydrogen-bond donors (Lipinski definition) is 2. The SMILES string of the molecule is CCN(CC(=O)Nc1cc(S(C)(=O)=O)ccc1Cl)CC(=O)Nc1ccccc1C(F)(F)F. The van der Waals surface area contributed by atoms with Gasteiger partial charge in [-0.15, -0.1) is 0 Å². The van der Waals surface area contributed by atoms with Crippen molar-refractivity contribution < 1.29 is 31.2 Å². The standard InChI is InChI=1S/C20H21ClF3N3O4S/c1-3-27(11-18(28)25-16-7-5-4-6-14(16)20(22,23)24)12-19(29)26-17-10-13(32(2,30)31)8-9-15(17)21/h4-10H,3,11-12H2,1-2H3,(H,25,28)(H,26,29). The van der Waals surface area contributed by atoms with Crippen LogP contribution < -0.4 is 10.6 Å². The summed E-state index contributed by atoms with van der Waals surface area (Å²) in [7, 11) is -3.52. The molecular weight excluding hydrogens is 471 g/mol. The lowest BCUT2D eigenvalue weighted by Crippen LogP contribution is -2.38. The molecule has 0 bridgehead atoms. The van der Waals surface area contributed by atoms with Crippen LogP contribution in [0.2, 0.25) is 5.02 Å². The predicted molar refractivity (Wildman–Crippen MR) is 115 cm³/mol. The van der Waals surface area contributed by atoms with Gasteiger partial charge in [0.15, 0.2) is 9.84 Å². The molecular formula is C20H21ClF3N3O4S. The topological polar surface area (TPSA) is 95.6 Å². The molecule has 0 radical (unpaired) electrons. The zero-order valence-electron chi connectivity index (χ0n) is 17.2. The maximum Gasteiger partial charge on any atom is 0.418 e. The van der Waals surface area contributed by atoms with Crippen molar-refractivity contribution in [2.24, 2.45) is 0 Å². The van der Waals surface area contributed by atoms with Crippen LogP contribution in [0.25, 0.3) is 0 Å². The summed E-state index contributed by atoms with van der Waals surface area (Å²) in [6.07, 6.45) is -3.62. The van der Waals surface area contributed by atoms with E-state index in [-0.39, 0.29) is 40.9 Å². The number of rotatable bonds is 8. The number of nitrogens with one attached hydrogen (secondary N) is 2. The van der Waals surface area contributed by atoms with Crippen molar-refractivity contribution in [3.63, 3.8) is 0 Å². The van der Waals surface area contributed by atoms with Crippen molar-refractivity contribution in [2.45, 2.75) is 18.0 Å². The molecule has 0 saturated carbocycles. The molecule has 0 aliphatic heterocycles. The van der Waals surface area contributed by atoms with Crippen LogP contribution in [0.3, 0.4) is 0 Å². The van der Waals surface area contributed by atoms with Crippen LogP contribution >= 0.6 is 11.6 Å². The molecule has 2 rings (SSSR count). The van der Waals surface area contributed by atoms with Gasteiger partial charge in [-0.1, -0.05) is 30.7 Å². The van der Waals surface area contributed by atoms with Crippen molar-refractivity contribution in [1.82, 2.24) is 4.90 Å². The number of halogens is 4. The van der Waals surface area contributed by atoms with Gasteiger partial charge in [0.1, 0.15) is 0 Å². The Morgan fingerprint density at radius 3 is 2.09 bits per heavy atom. The van der Waals surface area contributed by atoms with E-state index >= 15 is 0 Å². The number of benzene rings is 2. The molecule has 2 aromatic rings. The molecule has 2 aromatic carbocycles. The molecule has 2 N–H and O–H groups in total. The maximum absolute atomic E-state index is 13.1. The summed E-state index contributed by atoms with van der Waals surface area (Å²) in [5.74, 6) is -1.31. The summed E-state index contributed by atoms with van der Waals surface area (Å²) in [6.45, 7) is 1.30. The van der Waals surface area contributed by atoms with E-state index in [4.69, 9.17) is 11.6 Å². The Morgan fingerprint density at radius 1 is 1.00 bits per heavy atom. The number of anilines is 2. The number of likely N-dealkylation sites (N-methyl/N-ethyl adjacent to an activating group) is 1. The van der Waals surface area contributed by atoms with Crippen molar-refractivity contribution in [3.05, 3.63) is 53.1 Å². The molecule has 0 spiro atoms. The first-order valence-corrected chi connectivity index (χ1v) is 11.6. The monoisotopic (exact) mass is 491 g/mol. The van der Waals surface area contributed by atoms with E-state index < -0.39 is 33.4 Å². The van der Waals surface area contributed by atoms with Gasteiger partial charge in [0.05, 0.1) is 39.9 Å². The van der Waals surface area contributed by atoms with E-state index in [2.05, 4.69) is 10.6 Å². The Bertz CT molecular complexity index is 1110. The number of nitrogens with zero attached hydrogens (tertiary/aromatic N) is 1. The third kappa shape index (κ3) is 7.21. The number of amides is 2. The third-order valence-corrected chi connectivity index (χ3v) is 5.77. The summed E-state index contributed by atoms with van der Waals surface area (Å²) in [5, 5.41) is 4.82. The average molecular weight is 492 g/mol. The van der Waals surface area contributed by atoms with Gasteiger partial charge in [-0.2, -0.15) is 13.2 Å². The molecule has 0 atom stereocenters. The second kappa shape index (κ2) is 10.3. The van der Waals surface area contributed by atoms with E-state index in [0.29, 0.717) is 0 Å². The van der Waals surface area contributed by atoms with Gasteiger partial charge in [-0.3, -0.25) is 14.5 Å². The second-order valence-corrected chi connectivity index (χ2v) is 9.28. The van der Waals surface area contributed by atoms with Crippen molar-refractivity contribution in [2.75, 3.05) is 36.5 Å². The highest BCUT2D eigenvalue weighted by atomic mass is 35.5. The highest BCUT2D eigenvalue weighted by Gasteiger charge is 2.33. The van der Waals surface area contributed by atoms with Crippen LogP contribution in [0.1, 0.15) is 12.5 Å². The minimum Gasteiger partial charge on any atom is -0.324 e. The van der Waals surface area contributed by atoms with Gasteiger partial charge < -0.3 is 10.6 Å². The molecule has 2 amide bonds. The number of hydrogen-bond acceptors (Lipinski definition) is 5. The van der Waals surface area contributed by atoms with E-state index in [1.807, 2.05) is 0 Å². The Kier molecular flexibility index (Phi) is 8.27. The number of carbonyl (C=O) groups is 2. The first-order valence-electron chi connectivity index (χ1n) is 9.29. The van der Waals surface area contributed by atoms with Crippen LogP contribution in [0.4, 0.5) is 24.5 Å². The first kappa shape index (κ1) is 25.6. The molecule has 0 aromatic heterocycles. The Labute approximate surface area is 188 Å². The zero-order valence-corrected chi connectivity index (χ0v) is 18.7. The molecule has 0 saturated heterocycles. The summed E-state index contributed by atoms with van der Waals surface area (Å²) in [5.41, 5.74) is -1.27. The van der Waals surface area contributed by atoms with Gasteiger partial charge >= 0.3 is 6.18 Å². The van der Waals surface area contributed by atoms with Crippen molar-refractivity contribution in [1.29, 1.82) is 0 Å². The van der Waals surface area contributed by atoms with Gasteiger partial charge in [0.2, 0.25) is 11.8 Å². The minimum absolute atomic E-state index is 0.0349. The molecule has 32 heavy (non-hydrogen) atoms. The van der Waals surface area contributed by atoms with Crippen LogP contribution in [-0.4, -0.2) is 51.0 Å². The Morgan fingerprint density at radius 2 is 1.56 bits per heavy atom. The molecule has 174 valence electrons. The highest BCUT2D eigenvalue weighted by molar-refractivity contribution is 7.90. The fourth-order valence-electron chi connectivity index (χ4n) is 2.74. The summed E-state index contributed by atoms with van der Waals surface area (Å²) < 4.78 is 62.6. The first-order chi connectivity index (χ1) is 14.8. The Hall–Kier alpha value is -2.63. The fraction of sp³-hybridized carbons (Fsp3) is 0.300. The number of alkyl halides is 3. The zero-order chi connectivity index (χ0) is 24.1. The largest absolute Gasteiger partial charge is 0.418 e. The molecule has 0 aliphatic rings. The summed E-state index contributed by atoms with van der Waals surface area (Å²) >= 11 is 6.01. The average Bonchev–Trinajstić information content (AvgIpc) is 2.67. The lowest BCUT2D eigenvalue weighted by Gasteiger charge is -2.20. The second-order valence-electron chi connectivity index (χ2n) is 6.86. The molecule has 0 unspecified atom stereocenters. The van der Waals surface area contributed by atoms with Gasteiger partial charge in [0, 0.05) is 6.26 Å². The number of sulfone groups is 1. The van der Waals surface area contributed by atoms with E-state index in [1.165, 1.54) is 35.2 Å². The summed E-state index contributed by atoms with van der Waals surface area (Å²) in [6, 6.07) is 8.42. The van der Waals surface area contributed by atoms with Crippen LogP contribution in [0.5, 0.6) is 0 Å². The molecule has 0 heterocycles. The molecule has 0 fully saturated rings. The molecule has 12 heteroatoms. The lowest BCUT2D eigenvalue weighted by molar-refractivity contribution is -0.137. The van der Waals surface area contributed by atoms with Crippen LogP contribution in [0.15, 0.2) is 47.4 Å². The van der Waals surface area contributed by atoms with E-state index in [1.54, 1.807) is 6.92 Å². The number of carbonyl (C=O) groups excluding carboxylic acids is 2. The Balaban J connectivity index is 2.04. The normalized spacial score (nSPS) is 12.0. The fourth-order valence-corrected chi connectivity index (χ4v) is 3.55. The predicted octanol–water partition coefficient (Wildman–Crippen LogP) is 3.66. The lowest BCUT2D eigenvalue weighted by atomic mass is 10.1. The molecule has 0 aliphatic carbocycles. The van der Waals surface area contributed by atoms with Crippen LogP contribution in [0, 0.1) is 0 Å². The quantitative estimate of drug-likeness (QED) is 0.587. The highest BCUT2D eigenvalue weighted by Crippen LogP contribution is 2.34. The van der Waals surface area contributed by atoms with E-state index in [9.17, 15) is 31.2 Å². The smallest absolute Gasteiger partial charge is 0.324 e. The minimum atomic E-state index is -4.63. The third-order valence-electron chi connectivity index (χ3n) is 4.33. The van der Waals surface area contributed by atoms with Crippen LogP contribution in [-0.2, 0) is 25.6 Å². The molecule has 7 nitrogen and oxygen atoms in total. The van der Waals surface area contributed by atoms with Crippen molar-refractivity contribution >= 4 is 44.6 Å². The van der Waals surface area contributed by atoms with Gasteiger partial charge in [-0.25, -0.2) is 8.42 Å². The summed E-state index contributed by atoms with van der Waals surface area (Å²) in [4.78, 5) is 26.0. The van der Waals surface area contributed by atoms with Crippen molar-refractivity contribution in [3.8, 4) is 0 Å². The van der Waals surface area contributed by atoms with Gasteiger partial charge in [-0.05, 0) is 36.9 Å². The van der Waals surface area contributed by atoms with Gasteiger partial charge in [0.25, 0.3) is 0 Å². The van der Waals surface area contributed by atoms with E-state index in [0.717, 1.165) is 18.4 Å². The maximum atomic E-state index is 13.1.